The van der Waals surface area contributed by atoms with E-state index in [2.05, 4.69) is 10.3 Å². The molecule has 19 heavy (non-hydrogen) atoms. The number of aromatic nitrogens is 1. The first kappa shape index (κ1) is 13.7. The summed E-state index contributed by atoms with van der Waals surface area (Å²) in [5.74, 6) is -0.492. The average Bonchev–Trinajstić information content (AvgIpc) is 2.76. The average molecular weight is 318 g/mol. The SMILES string of the molecule is O=C(Nc1ncc([N+](=O)[O-])s1)c1cc(Cl)cc(Cl)c1. The van der Waals surface area contributed by atoms with Gasteiger partial charge in [-0.05, 0) is 29.5 Å². The Hall–Kier alpha value is -1.70. The molecule has 0 bridgehead atoms. The number of hydrogen-bond acceptors (Lipinski definition) is 5. The van der Waals surface area contributed by atoms with Crippen LogP contribution in [0.15, 0.2) is 24.4 Å². The summed E-state index contributed by atoms with van der Waals surface area (Å²) in [6.45, 7) is 0. The summed E-state index contributed by atoms with van der Waals surface area (Å²) in [5, 5.41) is 13.5. The van der Waals surface area contributed by atoms with Crippen LogP contribution in [0.4, 0.5) is 10.1 Å². The normalized spacial score (nSPS) is 10.2. The summed E-state index contributed by atoms with van der Waals surface area (Å²) in [6, 6.07) is 4.36. The lowest BCUT2D eigenvalue weighted by Gasteiger charge is -2.02. The second kappa shape index (κ2) is 5.52. The van der Waals surface area contributed by atoms with Crippen LogP contribution in [0.2, 0.25) is 10.0 Å². The molecule has 1 N–H and O–H groups in total. The van der Waals surface area contributed by atoms with Crippen molar-refractivity contribution in [3.63, 3.8) is 0 Å². The maximum Gasteiger partial charge on any atom is 0.345 e. The monoisotopic (exact) mass is 317 g/mol. The van der Waals surface area contributed by atoms with Crippen LogP contribution in [-0.2, 0) is 0 Å². The van der Waals surface area contributed by atoms with Crippen molar-refractivity contribution in [1.29, 1.82) is 0 Å². The fourth-order valence-corrected chi connectivity index (χ4v) is 2.42. The van der Waals surface area contributed by atoms with Crippen LogP contribution in [-0.4, -0.2) is 15.8 Å². The Morgan fingerprint density at radius 2 is 1.95 bits per heavy atom. The van der Waals surface area contributed by atoms with Crippen molar-refractivity contribution in [3.8, 4) is 0 Å². The number of nitro groups is 1. The highest BCUT2D eigenvalue weighted by molar-refractivity contribution is 7.18. The molecular formula is C10H5Cl2N3O3S. The molecule has 1 aromatic carbocycles. The van der Waals surface area contributed by atoms with Gasteiger partial charge in [0, 0.05) is 15.6 Å². The molecule has 0 unspecified atom stereocenters. The van der Waals surface area contributed by atoms with Crippen molar-refractivity contribution < 1.29 is 9.72 Å². The number of carbonyl (C=O) groups excluding carboxylic acids is 1. The van der Waals surface area contributed by atoms with E-state index in [1.54, 1.807) is 0 Å². The van der Waals surface area contributed by atoms with E-state index in [0.717, 1.165) is 17.5 Å². The first-order valence-electron chi connectivity index (χ1n) is 4.83. The van der Waals surface area contributed by atoms with Gasteiger partial charge in [-0.15, -0.1) is 0 Å². The second-order valence-corrected chi connectivity index (χ2v) is 5.25. The topological polar surface area (TPSA) is 85.1 Å². The summed E-state index contributed by atoms with van der Waals surface area (Å²) in [6.07, 6.45) is 1.07. The lowest BCUT2D eigenvalue weighted by Crippen LogP contribution is -2.11. The molecule has 0 spiro atoms. The fraction of sp³-hybridized carbons (Fsp3) is 0. The Balaban J connectivity index is 2.18. The fourth-order valence-electron chi connectivity index (χ4n) is 1.26. The smallest absolute Gasteiger partial charge is 0.298 e. The Morgan fingerprint density at radius 1 is 1.32 bits per heavy atom. The zero-order valence-corrected chi connectivity index (χ0v) is 11.4. The van der Waals surface area contributed by atoms with Crippen molar-refractivity contribution in [1.82, 2.24) is 4.98 Å². The van der Waals surface area contributed by atoms with Crippen LogP contribution in [0.25, 0.3) is 0 Å². The molecule has 0 saturated carbocycles. The molecule has 0 fully saturated rings. The van der Waals surface area contributed by atoms with Crippen LogP contribution >= 0.6 is 34.5 Å². The van der Waals surface area contributed by atoms with Crippen molar-refractivity contribution in [2.24, 2.45) is 0 Å². The van der Waals surface area contributed by atoms with Crippen LogP contribution < -0.4 is 5.32 Å². The highest BCUT2D eigenvalue weighted by Crippen LogP contribution is 2.26. The first-order valence-corrected chi connectivity index (χ1v) is 6.40. The zero-order chi connectivity index (χ0) is 14.0. The molecule has 6 nitrogen and oxygen atoms in total. The quantitative estimate of drug-likeness (QED) is 0.692. The Kier molecular flexibility index (Phi) is 3.98. The summed E-state index contributed by atoms with van der Waals surface area (Å²) in [4.78, 5) is 25.5. The van der Waals surface area contributed by atoms with Gasteiger partial charge in [0.15, 0.2) is 5.13 Å². The molecule has 0 aliphatic rings. The molecule has 0 aliphatic heterocycles. The van der Waals surface area contributed by atoms with Gasteiger partial charge in [-0.1, -0.05) is 23.2 Å². The van der Waals surface area contributed by atoms with Gasteiger partial charge in [-0.2, -0.15) is 0 Å². The standard InChI is InChI=1S/C10H5Cl2N3O3S/c11-6-1-5(2-7(12)3-6)9(16)14-10-13-4-8(19-10)15(17)18/h1-4H,(H,13,14,16). The number of carbonyl (C=O) groups is 1. The number of thiazole rings is 1. The molecule has 2 aromatic rings. The predicted octanol–water partition coefficient (Wildman–Crippen LogP) is 3.61. The van der Waals surface area contributed by atoms with Crippen LogP contribution in [0.1, 0.15) is 10.4 Å². The van der Waals surface area contributed by atoms with E-state index >= 15 is 0 Å². The Labute approximate surface area is 121 Å². The largest absolute Gasteiger partial charge is 0.345 e. The number of benzene rings is 1. The van der Waals surface area contributed by atoms with E-state index in [1.807, 2.05) is 0 Å². The number of nitrogens with one attached hydrogen (secondary N) is 1. The Bertz CT molecular complexity index is 639. The number of amides is 1. The van der Waals surface area contributed by atoms with E-state index in [-0.39, 0.29) is 15.7 Å². The van der Waals surface area contributed by atoms with E-state index in [1.165, 1.54) is 18.2 Å². The number of rotatable bonds is 3. The summed E-state index contributed by atoms with van der Waals surface area (Å²) < 4.78 is 0. The summed E-state index contributed by atoms with van der Waals surface area (Å²) in [7, 11) is 0. The molecule has 1 aromatic heterocycles. The van der Waals surface area contributed by atoms with E-state index in [0.29, 0.717) is 10.0 Å². The number of halogens is 2. The summed E-state index contributed by atoms with van der Waals surface area (Å²) >= 11 is 12.3. The van der Waals surface area contributed by atoms with E-state index < -0.39 is 10.8 Å². The molecule has 9 heteroatoms. The van der Waals surface area contributed by atoms with Crippen molar-refractivity contribution >= 4 is 50.6 Å². The number of nitrogens with zero attached hydrogens (tertiary/aromatic N) is 2. The van der Waals surface area contributed by atoms with Crippen molar-refractivity contribution in [2.75, 3.05) is 5.32 Å². The van der Waals surface area contributed by atoms with Gasteiger partial charge in [0.25, 0.3) is 5.91 Å². The highest BCUT2D eigenvalue weighted by atomic mass is 35.5. The minimum absolute atomic E-state index is 0.132. The van der Waals surface area contributed by atoms with Gasteiger partial charge in [-0.3, -0.25) is 20.2 Å². The molecular weight excluding hydrogens is 313 g/mol. The van der Waals surface area contributed by atoms with Crippen LogP contribution in [0, 0.1) is 10.1 Å². The molecule has 0 saturated heterocycles. The molecule has 98 valence electrons. The zero-order valence-electron chi connectivity index (χ0n) is 9.09. The van der Waals surface area contributed by atoms with Gasteiger partial charge in [-0.25, -0.2) is 4.98 Å². The predicted molar refractivity (Wildman–Crippen MR) is 73.2 cm³/mol. The lowest BCUT2D eigenvalue weighted by atomic mass is 10.2. The molecule has 1 heterocycles. The van der Waals surface area contributed by atoms with E-state index in [4.69, 9.17) is 23.2 Å². The van der Waals surface area contributed by atoms with Crippen LogP contribution in [0.5, 0.6) is 0 Å². The third-order valence-corrected chi connectivity index (χ3v) is 3.32. The molecule has 1 amide bonds. The Morgan fingerprint density at radius 3 is 2.47 bits per heavy atom. The number of anilines is 1. The third-order valence-electron chi connectivity index (χ3n) is 2.02. The van der Waals surface area contributed by atoms with Gasteiger partial charge in [0.2, 0.25) is 0 Å². The van der Waals surface area contributed by atoms with Gasteiger partial charge in [0.05, 0.1) is 4.92 Å². The molecule has 0 aliphatic carbocycles. The molecule has 2 rings (SSSR count). The van der Waals surface area contributed by atoms with Crippen molar-refractivity contribution in [2.45, 2.75) is 0 Å². The van der Waals surface area contributed by atoms with Crippen molar-refractivity contribution in [3.05, 3.63) is 50.1 Å². The minimum atomic E-state index is -0.580. The maximum absolute atomic E-state index is 11.9. The second-order valence-electron chi connectivity index (χ2n) is 3.37. The lowest BCUT2D eigenvalue weighted by molar-refractivity contribution is -0.380. The third kappa shape index (κ3) is 3.40. The van der Waals surface area contributed by atoms with Gasteiger partial charge < -0.3 is 0 Å². The molecule has 0 radical (unpaired) electrons. The summed E-state index contributed by atoms with van der Waals surface area (Å²) in [5.41, 5.74) is 0.246. The highest BCUT2D eigenvalue weighted by Gasteiger charge is 2.15. The number of hydrogen-bond donors (Lipinski definition) is 1. The van der Waals surface area contributed by atoms with E-state index in [9.17, 15) is 14.9 Å². The maximum atomic E-state index is 11.9. The molecule has 0 atom stereocenters. The van der Waals surface area contributed by atoms with Crippen LogP contribution in [0.3, 0.4) is 0 Å². The van der Waals surface area contributed by atoms with Gasteiger partial charge >= 0.3 is 5.00 Å². The van der Waals surface area contributed by atoms with Gasteiger partial charge in [0.1, 0.15) is 6.20 Å². The first-order chi connectivity index (χ1) is 8.95. The minimum Gasteiger partial charge on any atom is -0.298 e.